The van der Waals surface area contributed by atoms with E-state index in [1.54, 1.807) is 0 Å². The van der Waals surface area contributed by atoms with Gasteiger partial charge in [-0.05, 0) is 37.5 Å². The van der Waals surface area contributed by atoms with Gasteiger partial charge in [-0.25, -0.2) is 4.79 Å². The van der Waals surface area contributed by atoms with Crippen molar-refractivity contribution in [2.45, 2.75) is 31.2 Å². The Morgan fingerprint density at radius 2 is 2.17 bits per heavy atom. The van der Waals surface area contributed by atoms with E-state index >= 15 is 0 Å². The highest BCUT2D eigenvalue weighted by Gasteiger charge is 2.51. The molecule has 5 nitrogen and oxygen atoms in total. The van der Waals surface area contributed by atoms with Crippen LogP contribution in [0.3, 0.4) is 0 Å². The van der Waals surface area contributed by atoms with Crippen LogP contribution in [0.1, 0.15) is 25.7 Å². The predicted molar refractivity (Wildman–Crippen MR) is 68.2 cm³/mol. The second-order valence-corrected chi connectivity index (χ2v) is 6.09. The van der Waals surface area contributed by atoms with Crippen molar-refractivity contribution in [1.82, 2.24) is 10.2 Å². The summed E-state index contributed by atoms with van der Waals surface area (Å²) < 4.78 is 5.32. The molecular weight excluding hydrogens is 230 g/mol. The van der Waals surface area contributed by atoms with Gasteiger partial charge in [-0.3, -0.25) is 0 Å². The molecule has 0 radical (unpaired) electrons. The third kappa shape index (κ3) is 2.21. The summed E-state index contributed by atoms with van der Waals surface area (Å²) >= 11 is 0. The molecule has 102 valence electrons. The van der Waals surface area contributed by atoms with Crippen LogP contribution in [0.4, 0.5) is 4.79 Å². The molecule has 2 atom stereocenters. The first kappa shape index (κ1) is 12.2. The second kappa shape index (κ2) is 4.70. The van der Waals surface area contributed by atoms with Gasteiger partial charge in [0.15, 0.2) is 0 Å². The van der Waals surface area contributed by atoms with E-state index in [4.69, 9.17) is 10.5 Å². The number of carbonyl (C=O) groups is 1. The molecule has 1 aliphatic carbocycles. The molecule has 18 heavy (non-hydrogen) atoms. The molecule has 0 aromatic heterocycles. The van der Waals surface area contributed by atoms with E-state index in [9.17, 15) is 4.79 Å². The van der Waals surface area contributed by atoms with E-state index in [-0.39, 0.29) is 11.6 Å². The number of fused-ring (bicyclic) bond motifs is 1. The number of hydrogen-bond acceptors (Lipinski definition) is 3. The lowest BCUT2D eigenvalue weighted by Crippen LogP contribution is -2.55. The summed E-state index contributed by atoms with van der Waals surface area (Å²) in [5.74, 6) is 1.11. The van der Waals surface area contributed by atoms with E-state index in [1.807, 2.05) is 4.90 Å². The molecule has 3 aliphatic rings. The zero-order valence-corrected chi connectivity index (χ0v) is 10.9. The standard InChI is InChI=1S/C13H23N3O2/c14-13-4-1-11(13)8-16(9-13)12(17)15-7-10-2-5-18-6-3-10/h10-11H,1-9,14H2,(H,15,17)/t11-,13-/m0/s1. The zero-order valence-electron chi connectivity index (χ0n) is 10.9. The maximum absolute atomic E-state index is 12.1. The lowest BCUT2D eigenvalue weighted by Gasteiger charge is -2.39. The topological polar surface area (TPSA) is 67.6 Å². The van der Waals surface area contributed by atoms with Gasteiger partial charge in [0.25, 0.3) is 0 Å². The molecule has 2 aliphatic heterocycles. The molecule has 3 N–H and O–H groups in total. The summed E-state index contributed by atoms with van der Waals surface area (Å²) in [5, 5.41) is 3.06. The molecule has 0 aromatic rings. The number of nitrogens with two attached hydrogens (primary N) is 1. The molecule has 0 spiro atoms. The molecule has 3 fully saturated rings. The summed E-state index contributed by atoms with van der Waals surface area (Å²) in [6, 6.07) is 0.0701. The molecule has 5 heteroatoms. The van der Waals surface area contributed by atoms with Gasteiger partial charge >= 0.3 is 6.03 Å². The van der Waals surface area contributed by atoms with Crippen LogP contribution in [0.2, 0.25) is 0 Å². The van der Waals surface area contributed by atoms with Crippen molar-refractivity contribution in [2.24, 2.45) is 17.6 Å². The SMILES string of the molecule is N[C@]12CC[C@H]1CN(C(=O)NCC1CCOCC1)C2. The Kier molecular flexibility index (Phi) is 3.20. The number of rotatable bonds is 2. The highest BCUT2D eigenvalue weighted by atomic mass is 16.5. The van der Waals surface area contributed by atoms with Crippen molar-refractivity contribution in [2.75, 3.05) is 32.8 Å². The lowest BCUT2D eigenvalue weighted by atomic mass is 9.70. The Balaban J connectivity index is 1.44. The number of likely N-dealkylation sites (tertiary alicyclic amines) is 1. The molecule has 0 aromatic carbocycles. The first-order valence-corrected chi connectivity index (χ1v) is 7.07. The molecule has 3 rings (SSSR count). The van der Waals surface area contributed by atoms with Crippen LogP contribution in [0.15, 0.2) is 0 Å². The maximum Gasteiger partial charge on any atom is 0.317 e. The van der Waals surface area contributed by atoms with Gasteiger partial charge in [0, 0.05) is 38.4 Å². The predicted octanol–water partition coefficient (Wildman–Crippen LogP) is 0.546. The monoisotopic (exact) mass is 253 g/mol. The summed E-state index contributed by atoms with van der Waals surface area (Å²) in [4.78, 5) is 14.0. The molecule has 2 amide bonds. The van der Waals surface area contributed by atoms with E-state index < -0.39 is 0 Å². The lowest BCUT2D eigenvalue weighted by molar-refractivity contribution is 0.0665. The summed E-state index contributed by atoms with van der Waals surface area (Å²) in [6.45, 7) is 4.02. The number of nitrogens with one attached hydrogen (secondary N) is 1. The number of ether oxygens (including phenoxy) is 1. The fourth-order valence-corrected chi connectivity index (χ4v) is 3.34. The van der Waals surface area contributed by atoms with Gasteiger partial charge in [0.05, 0.1) is 0 Å². The molecular formula is C13H23N3O2. The van der Waals surface area contributed by atoms with Gasteiger partial charge in [0.1, 0.15) is 0 Å². The van der Waals surface area contributed by atoms with Crippen LogP contribution in [-0.2, 0) is 4.74 Å². The average molecular weight is 253 g/mol. The van der Waals surface area contributed by atoms with Crippen molar-refractivity contribution in [3.8, 4) is 0 Å². The average Bonchev–Trinajstić information content (AvgIpc) is 2.62. The Bertz CT molecular complexity index is 330. The van der Waals surface area contributed by atoms with Crippen LogP contribution in [0.5, 0.6) is 0 Å². The van der Waals surface area contributed by atoms with Crippen molar-refractivity contribution in [3.63, 3.8) is 0 Å². The molecule has 0 bridgehead atoms. The maximum atomic E-state index is 12.1. The van der Waals surface area contributed by atoms with Crippen LogP contribution >= 0.6 is 0 Å². The number of hydrogen-bond donors (Lipinski definition) is 2. The van der Waals surface area contributed by atoms with Gasteiger partial charge in [0.2, 0.25) is 0 Å². The smallest absolute Gasteiger partial charge is 0.317 e. The minimum absolute atomic E-state index is 0.0701. The van der Waals surface area contributed by atoms with E-state index in [1.165, 1.54) is 6.42 Å². The largest absolute Gasteiger partial charge is 0.381 e. The van der Waals surface area contributed by atoms with E-state index in [0.29, 0.717) is 11.8 Å². The van der Waals surface area contributed by atoms with E-state index in [0.717, 1.165) is 52.1 Å². The normalized spacial score (nSPS) is 36.1. The molecule has 0 unspecified atom stereocenters. The minimum atomic E-state index is -0.0734. The van der Waals surface area contributed by atoms with Crippen molar-refractivity contribution in [3.05, 3.63) is 0 Å². The number of amides is 2. The van der Waals surface area contributed by atoms with Crippen LogP contribution < -0.4 is 11.1 Å². The fraction of sp³-hybridized carbons (Fsp3) is 0.923. The highest BCUT2D eigenvalue weighted by molar-refractivity contribution is 5.74. The summed E-state index contributed by atoms with van der Waals surface area (Å²) in [6.07, 6.45) is 4.37. The van der Waals surface area contributed by atoms with E-state index in [2.05, 4.69) is 5.32 Å². The third-order valence-electron chi connectivity index (χ3n) is 4.87. The van der Waals surface area contributed by atoms with Gasteiger partial charge < -0.3 is 20.7 Å². The summed E-state index contributed by atoms with van der Waals surface area (Å²) in [5.41, 5.74) is 6.16. The Morgan fingerprint density at radius 1 is 1.39 bits per heavy atom. The van der Waals surface area contributed by atoms with Crippen molar-refractivity contribution < 1.29 is 9.53 Å². The van der Waals surface area contributed by atoms with Crippen molar-refractivity contribution in [1.29, 1.82) is 0 Å². The Morgan fingerprint density at radius 3 is 2.72 bits per heavy atom. The zero-order chi connectivity index (χ0) is 12.6. The number of nitrogens with zero attached hydrogens (tertiary/aromatic N) is 1. The summed E-state index contributed by atoms with van der Waals surface area (Å²) in [7, 11) is 0. The highest BCUT2D eigenvalue weighted by Crippen LogP contribution is 2.42. The molecule has 1 saturated carbocycles. The molecule has 2 heterocycles. The fourth-order valence-electron chi connectivity index (χ4n) is 3.34. The van der Waals surface area contributed by atoms with Crippen LogP contribution in [-0.4, -0.2) is 49.3 Å². The number of carbonyl (C=O) groups excluding carboxylic acids is 1. The van der Waals surface area contributed by atoms with Gasteiger partial charge in [-0.15, -0.1) is 0 Å². The van der Waals surface area contributed by atoms with Gasteiger partial charge in [-0.1, -0.05) is 0 Å². The van der Waals surface area contributed by atoms with Crippen LogP contribution in [0.25, 0.3) is 0 Å². The third-order valence-corrected chi connectivity index (χ3v) is 4.87. The minimum Gasteiger partial charge on any atom is -0.381 e. The first-order chi connectivity index (χ1) is 8.67. The van der Waals surface area contributed by atoms with Crippen LogP contribution in [0, 0.1) is 11.8 Å². The quantitative estimate of drug-likeness (QED) is 0.755. The first-order valence-electron chi connectivity index (χ1n) is 7.07. The van der Waals surface area contributed by atoms with Gasteiger partial charge in [-0.2, -0.15) is 0 Å². The Hall–Kier alpha value is -0.810. The number of urea groups is 1. The second-order valence-electron chi connectivity index (χ2n) is 6.09. The molecule has 2 saturated heterocycles. The van der Waals surface area contributed by atoms with Crippen molar-refractivity contribution >= 4 is 6.03 Å². The Labute approximate surface area is 108 Å².